The van der Waals surface area contributed by atoms with Crippen LogP contribution >= 0.6 is 0 Å². The standard InChI is InChI=1S/C13H15N3O2/c14-11-6-2-5-10(11)13-15-12(16-18-13)8-3-1-4-9(17)7-8/h1,3-4,7,10-11,17H,2,5-6,14H2. The maximum Gasteiger partial charge on any atom is 0.231 e. The predicted molar refractivity (Wildman–Crippen MR) is 66.0 cm³/mol. The number of hydrogen-bond donors (Lipinski definition) is 2. The SMILES string of the molecule is NC1CCCC1c1nc(-c2cccc(O)c2)no1. The van der Waals surface area contributed by atoms with Crippen molar-refractivity contribution in [2.75, 3.05) is 0 Å². The molecule has 1 aliphatic carbocycles. The molecule has 5 nitrogen and oxygen atoms in total. The minimum atomic E-state index is 0.113. The Hall–Kier alpha value is -1.88. The minimum Gasteiger partial charge on any atom is -0.508 e. The first-order chi connectivity index (χ1) is 8.74. The number of nitrogens with zero attached hydrogens (tertiary/aromatic N) is 2. The summed E-state index contributed by atoms with van der Waals surface area (Å²) in [7, 11) is 0. The predicted octanol–water partition coefficient (Wildman–Crippen LogP) is 2.04. The van der Waals surface area contributed by atoms with Crippen molar-refractivity contribution in [3.05, 3.63) is 30.2 Å². The van der Waals surface area contributed by atoms with Gasteiger partial charge in [0.05, 0.1) is 5.92 Å². The molecule has 1 aliphatic rings. The number of phenols is 1. The highest BCUT2D eigenvalue weighted by molar-refractivity contribution is 5.56. The summed E-state index contributed by atoms with van der Waals surface area (Å²) in [6.07, 6.45) is 3.12. The van der Waals surface area contributed by atoms with Gasteiger partial charge in [0.1, 0.15) is 5.75 Å². The lowest BCUT2D eigenvalue weighted by Gasteiger charge is -2.08. The maximum atomic E-state index is 9.43. The fourth-order valence-corrected chi connectivity index (χ4v) is 2.44. The molecule has 0 bridgehead atoms. The zero-order valence-corrected chi connectivity index (χ0v) is 9.91. The fraction of sp³-hybridized carbons (Fsp3) is 0.385. The van der Waals surface area contributed by atoms with Crippen LogP contribution in [0.1, 0.15) is 31.1 Å². The van der Waals surface area contributed by atoms with Gasteiger partial charge in [0.25, 0.3) is 0 Å². The Balaban J connectivity index is 1.89. The third kappa shape index (κ3) is 1.97. The first-order valence-electron chi connectivity index (χ1n) is 6.12. The average Bonchev–Trinajstić information content (AvgIpc) is 2.97. The highest BCUT2D eigenvalue weighted by atomic mass is 16.5. The smallest absolute Gasteiger partial charge is 0.231 e. The van der Waals surface area contributed by atoms with E-state index in [0.29, 0.717) is 11.7 Å². The molecule has 1 aromatic carbocycles. The van der Waals surface area contributed by atoms with E-state index >= 15 is 0 Å². The van der Waals surface area contributed by atoms with Crippen molar-refractivity contribution in [2.24, 2.45) is 5.73 Å². The van der Waals surface area contributed by atoms with E-state index in [1.807, 2.05) is 6.07 Å². The van der Waals surface area contributed by atoms with Gasteiger partial charge in [0.2, 0.25) is 11.7 Å². The average molecular weight is 245 g/mol. The molecule has 2 aromatic rings. The van der Waals surface area contributed by atoms with Gasteiger partial charge in [0, 0.05) is 11.6 Å². The van der Waals surface area contributed by atoms with Crippen molar-refractivity contribution in [3.8, 4) is 17.1 Å². The van der Waals surface area contributed by atoms with E-state index < -0.39 is 0 Å². The van der Waals surface area contributed by atoms with E-state index in [4.69, 9.17) is 10.3 Å². The Labute approximate surface area is 105 Å². The van der Waals surface area contributed by atoms with Gasteiger partial charge in [-0.2, -0.15) is 4.98 Å². The summed E-state index contributed by atoms with van der Waals surface area (Å²) >= 11 is 0. The van der Waals surface area contributed by atoms with Crippen molar-refractivity contribution in [3.63, 3.8) is 0 Å². The normalized spacial score (nSPS) is 23.4. The molecule has 1 heterocycles. The number of aromatic nitrogens is 2. The van der Waals surface area contributed by atoms with Crippen molar-refractivity contribution >= 4 is 0 Å². The molecule has 0 spiro atoms. The van der Waals surface area contributed by atoms with Crippen LogP contribution in [0.5, 0.6) is 5.75 Å². The molecule has 0 aliphatic heterocycles. The second kappa shape index (κ2) is 4.42. The van der Waals surface area contributed by atoms with Crippen LogP contribution in [-0.2, 0) is 0 Å². The van der Waals surface area contributed by atoms with E-state index in [-0.39, 0.29) is 17.7 Å². The quantitative estimate of drug-likeness (QED) is 0.845. The monoisotopic (exact) mass is 245 g/mol. The molecule has 3 rings (SSSR count). The third-order valence-corrected chi connectivity index (χ3v) is 3.43. The number of hydrogen-bond acceptors (Lipinski definition) is 5. The molecule has 0 saturated heterocycles. The highest BCUT2D eigenvalue weighted by Gasteiger charge is 2.30. The molecule has 18 heavy (non-hydrogen) atoms. The van der Waals surface area contributed by atoms with E-state index in [1.54, 1.807) is 18.2 Å². The second-order valence-electron chi connectivity index (χ2n) is 4.71. The lowest BCUT2D eigenvalue weighted by molar-refractivity contribution is 0.345. The first-order valence-corrected chi connectivity index (χ1v) is 6.12. The van der Waals surface area contributed by atoms with Crippen LogP contribution in [0.3, 0.4) is 0 Å². The van der Waals surface area contributed by atoms with Crippen molar-refractivity contribution in [2.45, 2.75) is 31.2 Å². The van der Waals surface area contributed by atoms with Gasteiger partial charge in [-0.15, -0.1) is 0 Å². The van der Waals surface area contributed by atoms with Crippen LogP contribution in [0.25, 0.3) is 11.4 Å². The second-order valence-corrected chi connectivity index (χ2v) is 4.71. The lowest BCUT2D eigenvalue weighted by Crippen LogP contribution is -2.22. The number of rotatable bonds is 2. The molecule has 94 valence electrons. The van der Waals surface area contributed by atoms with Crippen molar-refractivity contribution in [1.29, 1.82) is 0 Å². The number of aromatic hydroxyl groups is 1. The summed E-state index contributed by atoms with van der Waals surface area (Å²) in [4.78, 5) is 4.39. The summed E-state index contributed by atoms with van der Waals surface area (Å²) in [5, 5.41) is 13.4. The fourth-order valence-electron chi connectivity index (χ4n) is 2.44. The van der Waals surface area contributed by atoms with Crippen LogP contribution in [-0.4, -0.2) is 21.3 Å². The summed E-state index contributed by atoms with van der Waals surface area (Å²) in [6.45, 7) is 0. The Kier molecular flexibility index (Phi) is 2.76. The van der Waals surface area contributed by atoms with E-state index in [2.05, 4.69) is 10.1 Å². The third-order valence-electron chi connectivity index (χ3n) is 3.43. The maximum absolute atomic E-state index is 9.43. The molecule has 2 unspecified atom stereocenters. The largest absolute Gasteiger partial charge is 0.508 e. The van der Waals surface area contributed by atoms with Crippen molar-refractivity contribution < 1.29 is 9.63 Å². The zero-order chi connectivity index (χ0) is 12.5. The summed E-state index contributed by atoms with van der Waals surface area (Å²) in [5.74, 6) is 1.47. The topological polar surface area (TPSA) is 85.2 Å². The van der Waals surface area contributed by atoms with Gasteiger partial charge in [-0.25, -0.2) is 0 Å². The van der Waals surface area contributed by atoms with Crippen molar-refractivity contribution in [1.82, 2.24) is 10.1 Å². The van der Waals surface area contributed by atoms with Gasteiger partial charge in [-0.3, -0.25) is 0 Å². The van der Waals surface area contributed by atoms with Gasteiger partial charge in [0.15, 0.2) is 0 Å². The number of phenolic OH excluding ortho intramolecular Hbond substituents is 1. The molecular formula is C13H15N3O2. The molecule has 1 fully saturated rings. The molecule has 0 amide bonds. The van der Waals surface area contributed by atoms with E-state index in [0.717, 1.165) is 24.8 Å². The Morgan fingerprint density at radius 1 is 1.33 bits per heavy atom. The molecule has 5 heteroatoms. The lowest BCUT2D eigenvalue weighted by atomic mass is 10.1. The molecule has 1 aromatic heterocycles. The van der Waals surface area contributed by atoms with Gasteiger partial charge < -0.3 is 15.4 Å². The summed E-state index contributed by atoms with van der Waals surface area (Å²) in [6, 6.07) is 6.92. The van der Waals surface area contributed by atoms with Gasteiger partial charge in [-0.05, 0) is 25.0 Å². The molecule has 3 N–H and O–H groups in total. The Bertz CT molecular complexity index is 553. The molecular weight excluding hydrogens is 230 g/mol. The Morgan fingerprint density at radius 3 is 2.94 bits per heavy atom. The van der Waals surface area contributed by atoms with Crippen LogP contribution in [0.4, 0.5) is 0 Å². The highest BCUT2D eigenvalue weighted by Crippen LogP contribution is 2.33. The van der Waals surface area contributed by atoms with Crippen LogP contribution in [0.2, 0.25) is 0 Å². The number of nitrogens with two attached hydrogens (primary N) is 1. The minimum absolute atomic E-state index is 0.113. The van der Waals surface area contributed by atoms with Crippen LogP contribution in [0, 0.1) is 0 Å². The van der Waals surface area contributed by atoms with Gasteiger partial charge >= 0.3 is 0 Å². The van der Waals surface area contributed by atoms with Gasteiger partial charge in [-0.1, -0.05) is 23.7 Å². The summed E-state index contributed by atoms with van der Waals surface area (Å²) < 4.78 is 5.29. The molecule has 0 radical (unpaired) electrons. The first kappa shape index (κ1) is 11.2. The number of benzene rings is 1. The Morgan fingerprint density at radius 2 is 2.22 bits per heavy atom. The van der Waals surface area contributed by atoms with E-state index in [9.17, 15) is 5.11 Å². The zero-order valence-electron chi connectivity index (χ0n) is 9.91. The van der Waals surface area contributed by atoms with Crippen LogP contribution < -0.4 is 5.73 Å². The summed E-state index contributed by atoms with van der Waals surface area (Å²) in [5.41, 5.74) is 6.76. The molecule has 2 atom stereocenters. The van der Waals surface area contributed by atoms with Crippen LogP contribution in [0.15, 0.2) is 28.8 Å². The molecule has 1 saturated carbocycles. The van der Waals surface area contributed by atoms with E-state index in [1.165, 1.54) is 0 Å².